The fourth-order valence-corrected chi connectivity index (χ4v) is 1.89. The molecule has 1 amide bonds. The van der Waals surface area contributed by atoms with E-state index in [1.165, 1.54) is 6.92 Å². The third kappa shape index (κ3) is 5.03. The highest BCUT2D eigenvalue weighted by atomic mass is 16.5. The summed E-state index contributed by atoms with van der Waals surface area (Å²) in [5.74, 6) is 0.470. The monoisotopic (exact) mass is 277 g/mol. The van der Waals surface area contributed by atoms with Crippen LogP contribution >= 0.6 is 0 Å². The Labute approximate surface area is 120 Å². The van der Waals surface area contributed by atoms with Gasteiger partial charge in [0, 0.05) is 11.6 Å². The first-order valence-corrected chi connectivity index (χ1v) is 7.02. The van der Waals surface area contributed by atoms with E-state index in [-0.39, 0.29) is 17.7 Å². The number of rotatable bonds is 7. The van der Waals surface area contributed by atoms with Crippen molar-refractivity contribution in [2.24, 2.45) is 0 Å². The zero-order chi connectivity index (χ0) is 15.1. The molecule has 1 rings (SSSR count). The topological polar surface area (TPSA) is 55.4 Å². The molecule has 2 atom stereocenters. The molecule has 0 fully saturated rings. The van der Waals surface area contributed by atoms with Gasteiger partial charge in [-0.05, 0) is 51.5 Å². The molecule has 1 aromatic rings. The molecular weight excluding hydrogens is 254 g/mol. The molecule has 0 aliphatic heterocycles. The van der Waals surface area contributed by atoms with Crippen LogP contribution in [-0.4, -0.2) is 23.8 Å². The largest absolute Gasteiger partial charge is 0.481 e. The van der Waals surface area contributed by atoms with Gasteiger partial charge in [0.05, 0.1) is 0 Å². The second-order valence-electron chi connectivity index (χ2n) is 5.04. The molecule has 20 heavy (non-hydrogen) atoms. The predicted molar refractivity (Wildman–Crippen MR) is 79.0 cm³/mol. The van der Waals surface area contributed by atoms with Crippen LogP contribution in [0.4, 0.5) is 0 Å². The Morgan fingerprint density at radius 1 is 1.20 bits per heavy atom. The SMILES string of the molecule is CCCC(C)NC(=O)C(C)Oc1ccc(C(C)=O)cc1. The summed E-state index contributed by atoms with van der Waals surface area (Å²) in [7, 11) is 0. The first kappa shape index (κ1) is 16.2. The summed E-state index contributed by atoms with van der Waals surface area (Å²) < 4.78 is 5.57. The van der Waals surface area contributed by atoms with Gasteiger partial charge in [0.2, 0.25) is 0 Å². The van der Waals surface area contributed by atoms with E-state index in [9.17, 15) is 9.59 Å². The lowest BCUT2D eigenvalue weighted by molar-refractivity contribution is -0.127. The first-order valence-electron chi connectivity index (χ1n) is 7.02. The normalized spacial score (nSPS) is 13.4. The summed E-state index contributed by atoms with van der Waals surface area (Å²) in [5, 5.41) is 2.91. The van der Waals surface area contributed by atoms with Crippen LogP contribution < -0.4 is 10.1 Å². The van der Waals surface area contributed by atoms with Gasteiger partial charge < -0.3 is 10.1 Å². The number of carbonyl (C=O) groups is 2. The minimum Gasteiger partial charge on any atom is -0.481 e. The zero-order valence-corrected chi connectivity index (χ0v) is 12.6. The lowest BCUT2D eigenvalue weighted by Gasteiger charge is -2.18. The average molecular weight is 277 g/mol. The summed E-state index contributed by atoms with van der Waals surface area (Å²) in [5.41, 5.74) is 0.631. The number of hydrogen-bond acceptors (Lipinski definition) is 3. The molecule has 4 nitrogen and oxygen atoms in total. The zero-order valence-electron chi connectivity index (χ0n) is 12.6. The summed E-state index contributed by atoms with van der Waals surface area (Å²) in [6.45, 7) is 7.29. The number of nitrogens with one attached hydrogen (secondary N) is 1. The molecule has 0 saturated carbocycles. The van der Waals surface area contributed by atoms with Crippen molar-refractivity contribution >= 4 is 11.7 Å². The fraction of sp³-hybridized carbons (Fsp3) is 0.500. The minimum absolute atomic E-state index is 0.00994. The van der Waals surface area contributed by atoms with E-state index in [2.05, 4.69) is 12.2 Å². The van der Waals surface area contributed by atoms with Crippen LogP contribution in [0, 0.1) is 0 Å². The maximum atomic E-state index is 11.9. The second-order valence-corrected chi connectivity index (χ2v) is 5.04. The van der Waals surface area contributed by atoms with Crippen LogP contribution in [0.2, 0.25) is 0 Å². The van der Waals surface area contributed by atoms with Crippen molar-refractivity contribution in [1.29, 1.82) is 0 Å². The van der Waals surface area contributed by atoms with Gasteiger partial charge in [-0.2, -0.15) is 0 Å². The van der Waals surface area contributed by atoms with Crippen molar-refractivity contribution in [1.82, 2.24) is 5.32 Å². The Balaban J connectivity index is 2.54. The van der Waals surface area contributed by atoms with E-state index in [0.717, 1.165) is 12.8 Å². The lowest BCUT2D eigenvalue weighted by Crippen LogP contribution is -2.41. The third-order valence-corrected chi connectivity index (χ3v) is 3.05. The van der Waals surface area contributed by atoms with Crippen LogP contribution in [0.25, 0.3) is 0 Å². The molecule has 0 spiro atoms. The van der Waals surface area contributed by atoms with Gasteiger partial charge in [0.25, 0.3) is 5.91 Å². The number of hydrogen-bond donors (Lipinski definition) is 1. The van der Waals surface area contributed by atoms with Gasteiger partial charge in [-0.3, -0.25) is 9.59 Å². The maximum Gasteiger partial charge on any atom is 0.260 e. The quantitative estimate of drug-likeness (QED) is 0.780. The van der Waals surface area contributed by atoms with Gasteiger partial charge in [-0.25, -0.2) is 0 Å². The smallest absolute Gasteiger partial charge is 0.260 e. The molecule has 0 aliphatic rings. The first-order chi connectivity index (χ1) is 9.43. The van der Waals surface area contributed by atoms with Crippen molar-refractivity contribution in [3.63, 3.8) is 0 Å². The molecule has 4 heteroatoms. The molecule has 0 aliphatic carbocycles. The molecule has 0 radical (unpaired) electrons. The molecule has 1 N–H and O–H groups in total. The molecule has 0 bridgehead atoms. The van der Waals surface area contributed by atoms with Crippen LogP contribution in [0.5, 0.6) is 5.75 Å². The van der Waals surface area contributed by atoms with E-state index in [1.54, 1.807) is 31.2 Å². The Morgan fingerprint density at radius 3 is 2.30 bits per heavy atom. The van der Waals surface area contributed by atoms with Gasteiger partial charge in [0.15, 0.2) is 11.9 Å². The van der Waals surface area contributed by atoms with E-state index in [4.69, 9.17) is 4.74 Å². The number of Topliss-reactive ketones (excluding diaryl/α,β-unsaturated/α-hetero) is 1. The standard InChI is InChI=1S/C16H23NO3/c1-5-6-11(2)17-16(19)13(4)20-15-9-7-14(8-10-15)12(3)18/h7-11,13H,5-6H2,1-4H3,(H,17,19). The number of benzene rings is 1. The highest BCUT2D eigenvalue weighted by Crippen LogP contribution is 2.14. The number of ether oxygens (including phenoxy) is 1. The Kier molecular flexibility index (Phi) is 6.22. The van der Waals surface area contributed by atoms with E-state index >= 15 is 0 Å². The van der Waals surface area contributed by atoms with E-state index < -0.39 is 6.10 Å². The van der Waals surface area contributed by atoms with E-state index in [1.807, 2.05) is 6.92 Å². The van der Waals surface area contributed by atoms with Gasteiger partial charge in [0.1, 0.15) is 5.75 Å². The second kappa shape index (κ2) is 7.68. The van der Waals surface area contributed by atoms with Crippen LogP contribution in [0.15, 0.2) is 24.3 Å². The molecule has 110 valence electrons. The van der Waals surface area contributed by atoms with Gasteiger partial charge in [-0.1, -0.05) is 13.3 Å². The van der Waals surface area contributed by atoms with E-state index in [0.29, 0.717) is 11.3 Å². The van der Waals surface area contributed by atoms with Crippen molar-refractivity contribution in [2.45, 2.75) is 52.7 Å². The Bertz CT molecular complexity index is 453. The third-order valence-electron chi connectivity index (χ3n) is 3.05. The average Bonchev–Trinajstić information content (AvgIpc) is 2.39. The summed E-state index contributed by atoms with van der Waals surface area (Å²) in [4.78, 5) is 23.1. The molecule has 1 aromatic carbocycles. The lowest BCUT2D eigenvalue weighted by atomic mass is 10.1. The number of ketones is 1. The fourth-order valence-electron chi connectivity index (χ4n) is 1.89. The predicted octanol–water partition coefficient (Wildman–Crippen LogP) is 2.96. The van der Waals surface area contributed by atoms with Crippen molar-refractivity contribution in [2.75, 3.05) is 0 Å². The maximum absolute atomic E-state index is 11.9. The summed E-state index contributed by atoms with van der Waals surface area (Å²) in [6.07, 6.45) is 1.42. The summed E-state index contributed by atoms with van der Waals surface area (Å²) >= 11 is 0. The highest BCUT2D eigenvalue weighted by molar-refractivity contribution is 5.94. The van der Waals surface area contributed by atoms with Crippen molar-refractivity contribution < 1.29 is 14.3 Å². The number of carbonyl (C=O) groups excluding carboxylic acids is 2. The van der Waals surface area contributed by atoms with Crippen LogP contribution in [0.3, 0.4) is 0 Å². The van der Waals surface area contributed by atoms with Crippen molar-refractivity contribution in [3.8, 4) is 5.75 Å². The van der Waals surface area contributed by atoms with Gasteiger partial charge >= 0.3 is 0 Å². The number of amides is 1. The molecule has 0 saturated heterocycles. The molecule has 0 aromatic heterocycles. The Hall–Kier alpha value is -1.84. The molecule has 0 heterocycles. The highest BCUT2D eigenvalue weighted by Gasteiger charge is 2.16. The minimum atomic E-state index is -0.558. The molecular formula is C16H23NO3. The van der Waals surface area contributed by atoms with Crippen LogP contribution in [-0.2, 0) is 4.79 Å². The Morgan fingerprint density at radius 2 is 1.80 bits per heavy atom. The summed E-state index contributed by atoms with van der Waals surface area (Å²) in [6, 6.07) is 6.95. The molecule has 2 unspecified atom stereocenters. The van der Waals surface area contributed by atoms with Gasteiger partial charge in [-0.15, -0.1) is 0 Å². The van der Waals surface area contributed by atoms with Crippen LogP contribution in [0.1, 0.15) is 50.9 Å². The van der Waals surface area contributed by atoms with Crippen molar-refractivity contribution in [3.05, 3.63) is 29.8 Å².